The highest BCUT2D eigenvalue weighted by molar-refractivity contribution is 5.85. The van der Waals surface area contributed by atoms with E-state index in [4.69, 9.17) is 0 Å². The van der Waals surface area contributed by atoms with Gasteiger partial charge in [-0.25, -0.2) is 9.97 Å². The van der Waals surface area contributed by atoms with E-state index in [-0.39, 0.29) is 11.9 Å². The van der Waals surface area contributed by atoms with Crippen molar-refractivity contribution in [3.63, 3.8) is 0 Å². The maximum atomic E-state index is 12.2. The molecule has 102 valence electrons. The minimum absolute atomic E-state index is 0.0782. The molecule has 1 unspecified atom stereocenters. The Labute approximate surface area is 113 Å². The second kappa shape index (κ2) is 6.87. The Morgan fingerprint density at radius 3 is 3.05 bits per heavy atom. The molecule has 1 fully saturated rings. The number of aromatic nitrogens is 2. The van der Waals surface area contributed by atoms with Gasteiger partial charge in [0.25, 0.3) is 0 Å². The standard InChI is InChI=1S/C14H20N4O/c1-2-3-4-8-15-13(19)12-7-5-11-18(12)14-16-9-6-10-17-14/h2-3,6,9-10,12H,4-5,7-8,11H2,1H3,(H,15,19)/b3-2+. The molecule has 1 aliphatic heterocycles. The van der Waals surface area contributed by atoms with E-state index in [1.54, 1.807) is 18.5 Å². The summed E-state index contributed by atoms with van der Waals surface area (Å²) in [5.41, 5.74) is 0. The lowest BCUT2D eigenvalue weighted by Crippen LogP contribution is -2.44. The molecule has 1 atom stereocenters. The van der Waals surface area contributed by atoms with E-state index in [1.807, 2.05) is 24.0 Å². The third kappa shape index (κ3) is 3.53. The summed E-state index contributed by atoms with van der Waals surface area (Å²) in [7, 11) is 0. The maximum Gasteiger partial charge on any atom is 0.242 e. The van der Waals surface area contributed by atoms with Crippen LogP contribution in [0.4, 0.5) is 5.95 Å². The van der Waals surface area contributed by atoms with E-state index in [1.165, 1.54) is 0 Å². The van der Waals surface area contributed by atoms with Crippen LogP contribution in [0.2, 0.25) is 0 Å². The van der Waals surface area contributed by atoms with Gasteiger partial charge in [-0.3, -0.25) is 4.79 Å². The van der Waals surface area contributed by atoms with Crippen molar-refractivity contribution in [3.05, 3.63) is 30.6 Å². The molecule has 0 radical (unpaired) electrons. The largest absolute Gasteiger partial charge is 0.354 e. The molecule has 1 amide bonds. The van der Waals surface area contributed by atoms with Gasteiger partial charge in [-0.05, 0) is 32.3 Å². The van der Waals surface area contributed by atoms with E-state index in [2.05, 4.69) is 15.3 Å². The van der Waals surface area contributed by atoms with Crippen molar-refractivity contribution in [3.8, 4) is 0 Å². The fraction of sp³-hybridized carbons (Fsp3) is 0.500. The first-order valence-corrected chi connectivity index (χ1v) is 6.75. The number of nitrogens with zero attached hydrogens (tertiary/aromatic N) is 3. The SMILES string of the molecule is C/C=C/CCNC(=O)C1CCCN1c1ncccn1. The van der Waals surface area contributed by atoms with Gasteiger partial charge in [0.2, 0.25) is 11.9 Å². The molecule has 19 heavy (non-hydrogen) atoms. The molecule has 0 saturated carbocycles. The van der Waals surface area contributed by atoms with E-state index >= 15 is 0 Å². The summed E-state index contributed by atoms with van der Waals surface area (Å²) in [5.74, 6) is 0.725. The molecule has 0 spiro atoms. The summed E-state index contributed by atoms with van der Waals surface area (Å²) in [5, 5.41) is 2.97. The minimum Gasteiger partial charge on any atom is -0.354 e. The third-order valence-electron chi connectivity index (χ3n) is 3.21. The average molecular weight is 260 g/mol. The number of nitrogens with one attached hydrogen (secondary N) is 1. The highest BCUT2D eigenvalue weighted by atomic mass is 16.2. The van der Waals surface area contributed by atoms with Crippen molar-refractivity contribution >= 4 is 11.9 Å². The quantitative estimate of drug-likeness (QED) is 0.644. The molecular weight excluding hydrogens is 240 g/mol. The Morgan fingerprint density at radius 1 is 1.53 bits per heavy atom. The summed E-state index contributed by atoms with van der Waals surface area (Å²) in [4.78, 5) is 22.6. The van der Waals surface area contributed by atoms with Gasteiger partial charge in [0.1, 0.15) is 6.04 Å². The Balaban J connectivity index is 1.93. The lowest BCUT2D eigenvalue weighted by Gasteiger charge is -2.23. The number of carbonyl (C=O) groups excluding carboxylic acids is 1. The number of hydrogen-bond acceptors (Lipinski definition) is 4. The van der Waals surface area contributed by atoms with Crippen LogP contribution in [-0.2, 0) is 4.79 Å². The number of amides is 1. The second-order valence-corrected chi connectivity index (χ2v) is 4.55. The fourth-order valence-electron chi connectivity index (χ4n) is 2.28. The van der Waals surface area contributed by atoms with Crippen LogP contribution in [0, 0.1) is 0 Å². The topological polar surface area (TPSA) is 58.1 Å². The average Bonchev–Trinajstić information content (AvgIpc) is 2.94. The monoisotopic (exact) mass is 260 g/mol. The van der Waals surface area contributed by atoms with Gasteiger partial charge in [0.05, 0.1) is 0 Å². The molecule has 1 N–H and O–H groups in total. The maximum absolute atomic E-state index is 12.2. The first-order chi connectivity index (χ1) is 9.33. The van der Waals surface area contributed by atoms with Crippen LogP contribution in [-0.4, -0.2) is 35.0 Å². The molecule has 1 aromatic rings. The van der Waals surface area contributed by atoms with Crippen LogP contribution in [0.3, 0.4) is 0 Å². The lowest BCUT2D eigenvalue weighted by atomic mass is 10.2. The molecular formula is C14H20N4O. The number of carbonyl (C=O) groups is 1. The lowest BCUT2D eigenvalue weighted by molar-refractivity contribution is -0.122. The smallest absolute Gasteiger partial charge is 0.242 e. The number of rotatable bonds is 5. The zero-order chi connectivity index (χ0) is 13.5. The fourth-order valence-corrected chi connectivity index (χ4v) is 2.28. The molecule has 5 heteroatoms. The van der Waals surface area contributed by atoms with Crippen LogP contribution in [0.25, 0.3) is 0 Å². The third-order valence-corrected chi connectivity index (χ3v) is 3.21. The zero-order valence-corrected chi connectivity index (χ0v) is 11.2. The van der Waals surface area contributed by atoms with Crippen LogP contribution in [0.15, 0.2) is 30.6 Å². The van der Waals surface area contributed by atoms with E-state index in [0.29, 0.717) is 12.5 Å². The van der Waals surface area contributed by atoms with Crippen molar-refractivity contribution in [1.82, 2.24) is 15.3 Å². The molecule has 2 rings (SSSR count). The van der Waals surface area contributed by atoms with Crippen molar-refractivity contribution in [2.75, 3.05) is 18.0 Å². The van der Waals surface area contributed by atoms with Crippen molar-refractivity contribution in [2.45, 2.75) is 32.2 Å². The molecule has 1 aliphatic rings. The Kier molecular flexibility index (Phi) is 4.89. The molecule has 0 aromatic carbocycles. The summed E-state index contributed by atoms with van der Waals surface area (Å²) >= 11 is 0. The van der Waals surface area contributed by atoms with Gasteiger partial charge in [-0.2, -0.15) is 0 Å². The van der Waals surface area contributed by atoms with Crippen LogP contribution >= 0.6 is 0 Å². The van der Waals surface area contributed by atoms with E-state index in [9.17, 15) is 4.79 Å². The van der Waals surface area contributed by atoms with Crippen molar-refractivity contribution in [1.29, 1.82) is 0 Å². The normalized spacial score (nSPS) is 19.0. The van der Waals surface area contributed by atoms with Crippen LogP contribution in [0.1, 0.15) is 26.2 Å². The Hall–Kier alpha value is -1.91. The number of anilines is 1. The summed E-state index contributed by atoms with van der Waals surface area (Å²) < 4.78 is 0. The van der Waals surface area contributed by atoms with Gasteiger partial charge in [0, 0.05) is 25.5 Å². The minimum atomic E-state index is -0.131. The number of hydrogen-bond donors (Lipinski definition) is 1. The molecule has 1 aromatic heterocycles. The summed E-state index contributed by atoms with van der Waals surface area (Å²) in [6.07, 6.45) is 10.2. The Bertz CT molecular complexity index is 432. The predicted molar refractivity (Wildman–Crippen MR) is 74.8 cm³/mol. The van der Waals surface area contributed by atoms with Gasteiger partial charge in [-0.15, -0.1) is 0 Å². The summed E-state index contributed by atoms with van der Waals surface area (Å²) in [6, 6.07) is 1.65. The molecule has 5 nitrogen and oxygen atoms in total. The van der Waals surface area contributed by atoms with Gasteiger partial charge < -0.3 is 10.2 Å². The van der Waals surface area contributed by atoms with Crippen LogP contribution in [0.5, 0.6) is 0 Å². The van der Waals surface area contributed by atoms with E-state index in [0.717, 1.165) is 25.8 Å². The second-order valence-electron chi connectivity index (χ2n) is 4.55. The predicted octanol–water partition coefficient (Wildman–Crippen LogP) is 1.53. The first kappa shape index (κ1) is 13.5. The van der Waals surface area contributed by atoms with Crippen LogP contribution < -0.4 is 10.2 Å². The highest BCUT2D eigenvalue weighted by Gasteiger charge is 2.31. The molecule has 0 bridgehead atoms. The van der Waals surface area contributed by atoms with Crippen molar-refractivity contribution in [2.24, 2.45) is 0 Å². The van der Waals surface area contributed by atoms with Gasteiger partial charge in [0.15, 0.2) is 0 Å². The molecule has 0 aliphatic carbocycles. The van der Waals surface area contributed by atoms with Crippen molar-refractivity contribution < 1.29 is 4.79 Å². The van der Waals surface area contributed by atoms with Gasteiger partial charge >= 0.3 is 0 Å². The van der Waals surface area contributed by atoms with Gasteiger partial charge in [-0.1, -0.05) is 12.2 Å². The highest BCUT2D eigenvalue weighted by Crippen LogP contribution is 2.21. The summed E-state index contributed by atoms with van der Waals surface area (Å²) in [6.45, 7) is 3.51. The number of allylic oxidation sites excluding steroid dienone is 1. The van der Waals surface area contributed by atoms with E-state index < -0.39 is 0 Å². The molecule has 2 heterocycles. The zero-order valence-electron chi connectivity index (χ0n) is 11.2. The molecule has 1 saturated heterocycles. The Morgan fingerprint density at radius 2 is 2.32 bits per heavy atom. The first-order valence-electron chi connectivity index (χ1n) is 6.75.